The van der Waals surface area contributed by atoms with Crippen molar-refractivity contribution in [3.63, 3.8) is 0 Å². The molecule has 2 heterocycles. The Bertz CT molecular complexity index is 1030. The van der Waals surface area contributed by atoms with Crippen LogP contribution in [0.5, 0.6) is 0 Å². The van der Waals surface area contributed by atoms with Crippen molar-refractivity contribution < 1.29 is 9.18 Å². The molecule has 2 aromatic carbocycles. The van der Waals surface area contributed by atoms with Crippen LogP contribution in [0.1, 0.15) is 24.4 Å². The van der Waals surface area contributed by atoms with E-state index >= 15 is 0 Å². The summed E-state index contributed by atoms with van der Waals surface area (Å²) in [6.07, 6.45) is 3.73. The number of anilines is 1. The number of aromatic amines is 1. The second kappa shape index (κ2) is 6.02. The fraction of sp³-hybridized carbons (Fsp3) is 0.263. The van der Waals surface area contributed by atoms with E-state index in [-0.39, 0.29) is 23.7 Å². The minimum Gasteiger partial charge on any atom is -0.345 e. The second-order valence-electron chi connectivity index (χ2n) is 6.90. The van der Waals surface area contributed by atoms with Gasteiger partial charge in [0.1, 0.15) is 5.82 Å². The van der Waals surface area contributed by atoms with Gasteiger partial charge in [-0.25, -0.2) is 9.37 Å². The molecule has 1 amide bonds. The highest BCUT2D eigenvalue weighted by molar-refractivity contribution is 14.1. The van der Waals surface area contributed by atoms with Crippen LogP contribution in [0.4, 0.5) is 10.1 Å². The van der Waals surface area contributed by atoms with Crippen LogP contribution in [0, 0.1) is 21.2 Å². The zero-order chi connectivity index (χ0) is 18.0. The van der Waals surface area contributed by atoms with Crippen molar-refractivity contribution in [3.8, 4) is 0 Å². The monoisotopic (exact) mass is 525 g/mol. The third-order valence-electron chi connectivity index (χ3n) is 5.29. The first-order chi connectivity index (χ1) is 12.5. The Labute approximate surface area is 171 Å². The van der Waals surface area contributed by atoms with Crippen LogP contribution in [0.3, 0.4) is 0 Å². The highest BCUT2D eigenvalue weighted by Gasteiger charge is 2.56. The van der Waals surface area contributed by atoms with Gasteiger partial charge in [-0.3, -0.25) is 4.79 Å². The molecule has 1 aromatic heterocycles. The summed E-state index contributed by atoms with van der Waals surface area (Å²) in [5.74, 6) is 0.0639. The van der Waals surface area contributed by atoms with Gasteiger partial charge in [0.05, 0.1) is 29.3 Å². The fourth-order valence-electron chi connectivity index (χ4n) is 3.93. The van der Waals surface area contributed by atoms with Crippen molar-refractivity contribution in [1.29, 1.82) is 0 Å². The summed E-state index contributed by atoms with van der Waals surface area (Å²) in [7, 11) is 0. The van der Waals surface area contributed by atoms with Gasteiger partial charge in [0.25, 0.3) is 0 Å². The first kappa shape index (κ1) is 16.7. The maximum Gasteiger partial charge on any atom is 0.233 e. The molecular weight excluding hydrogens is 512 g/mol. The van der Waals surface area contributed by atoms with E-state index in [9.17, 15) is 9.18 Å². The summed E-state index contributed by atoms with van der Waals surface area (Å²) in [6, 6.07) is 8.84. The summed E-state index contributed by atoms with van der Waals surface area (Å²) >= 11 is 5.51. The minimum absolute atomic E-state index is 0.0884. The molecule has 26 heavy (non-hydrogen) atoms. The molecule has 1 aliphatic heterocycles. The smallest absolute Gasteiger partial charge is 0.233 e. The molecule has 0 radical (unpaired) electrons. The van der Waals surface area contributed by atoms with Crippen molar-refractivity contribution in [2.24, 2.45) is 11.8 Å². The Morgan fingerprint density at radius 1 is 1.27 bits per heavy atom. The minimum atomic E-state index is -0.266. The van der Waals surface area contributed by atoms with Crippen LogP contribution >= 0.6 is 38.5 Å². The summed E-state index contributed by atoms with van der Waals surface area (Å²) in [5, 5.41) is 0. The van der Waals surface area contributed by atoms with Gasteiger partial charge < -0.3 is 9.88 Å². The number of hydrogen-bond donors (Lipinski definition) is 1. The Morgan fingerprint density at radius 2 is 2.08 bits per heavy atom. The summed E-state index contributed by atoms with van der Waals surface area (Å²) < 4.78 is 16.4. The van der Waals surface area contributed by atoms with E-state index in [1.165, 1.54) is 6.07 Å². The molecule has 1 saturated carbocycles. The van der Waals surface area contributed by atoms with Gasteiger partial charge in [-0.1, -0.05) is 15.9 Å². The third kappa shape index (κ3) is 2.51. The Morgan fingerprint density at radius 3 is 2.81 bits per heavy atom. The number of carbonyl (C=O) groups excluding carboxylic acids is 1. The van der Waals surface area contributed by atoms with Crippen molar-refractivity contribution in [2.45, 2.75) is 18.9 Å². The van der Waals surface area contributed by atoms with Crippen LogP contribution in [-0.4, -0.2) is 15.9 Å². The number of aromatic nitrogens is 2. The zero-order valence-electron chi connectivity index (χ0n) is 13.5. The Balaban J connectivity index is 1.63. The van der Waals surface area contributed by atoms with Crippen LogP contribution in [0.25, 0.3) is 11.0 Å². The third-order valence-corrected chi connectivity index (χ3v) is 6.64. The number of imidazole rings is 1. The first-order valence-electron chi connectivity index (χ1n) is 8.45. The highest BCUT2D eigenvalue weighted by Crippen LogP contribution is 2.55. The van der Waals surface area contributed by atoms with Crippen LogP contribution in [0.2, 0.25) is 0 Å². The number of nitrogens with zero attached hydrogens (tertiary/aromatic N) is 2. The standard InChI is InChI=1S/C19H14BrFIN3O/c20-10-5-12(21)17(13(22)6-10)18-16(9-1-2-9)19(26)25(18)11-3-4-14-15(7-11)24-8-23-14/h3-9,16,18H,1-2H2,(H,23,24)/t16-,18-/m1/s1. The quantitative estimate of drug-likeness (QED) is 0.378. The van der Waals surface area contributed by atoms with E-state index in [2.05, 4.69) is 48.5 Å². The predicted octanol–water partition coefficient (Wildman–Crippen LogP) is 5.18. The number of hydrogen-bond acceptors (Lipinski definition) is 2. The Kier molecular flexibility index (Phi) is 3.86. The molecule has 2 aliphatic rings. The molecule has 1 saturated heterocycles. The van der Waals surface area contributed by atoms with Crippen molar-refractivity contribution >= 4 is 61.1 Å². The zero-order valence-corrected chi connectivity index (χ0v) is 17.3. The number of rotatable bonds is 3. The summed E-state index contributed by atoms with van der Waals surface area (Å²) in [6.45, 7) is 0. The number of nitrogens with one attached hydrogen (secondary N) is 1. The number of halogens is 3. The number of β-lactam (4-membered cyclic amide) rings is 1. The maximum absolute atomic E-state index is 14.9. The van der Waals surface area contributed by atoms with E-state index in [4.69, 9.17) is 0 Å². The van der Waals surface area contributed by atoms with Crippen molar-refractivity contribution in [3.05, 3.63) is 56.1 Å². The number of benzene rings is 2. The SMILES string of the molecule is O=C1[C@H](C2CC2)[C@H](c2c(F)cc(Br)cc2I)N1c1ccc2[nH]cnc2c1. The summed E-state index contributed by atoms with van der Waals surface area (Å²) in [5.41, 5.74) is 3.11. The van der Waals surface area contributed by atoms with Gasteiger partial charge in [-0.2, -0.15) is 0 Å². The van der Waals surface area contributed by atoms with Gasteiger partial charge in [0, 0.05) is 19.3 Å². The van der Waals surface area contributed by atoms with Gasteiger partial charge in [-0.15, -0.1) is 0 Å². The first-order valence-corrected chi connectivity index (χ1v) is 10.3. The molecule has 0 spiro atoms. The number of carbonyl (C=O) groups is 1. The molecule has 0 unspecified atom stereocenters. The molecular formula is C19H14BrFIN3O. The number of fused-ring (bicyclic) bond motifs is 1. The molecule has 1 N–H and O–H groups in total. The molecule has 0 bridgehead atoms. The molecule has 1 aliphatic carbocycles. The van der Waals surface area contributed by atoms with E-state index < -0.39 is 0 Å². The summed E-state index contributed by atoms with van der Waals surface area (Å²) in [4.78, 5) is 22.0. The highest BCUT2D eigenvalue weighted by atomic mass is 127. The van der Waals surface area contributed by atoms with Crippen LogP contribution in [-0.2, 0) is 4.79 Å². The lowest BCUT2D eigenvalue weighted by Gasteiger charge is -2.48. The average molecular weight is 526 g/mol. The average Bonchev–Trinajstić information content (AvgIpc) is 3.28. The lowest BCUT2D eigenvalue weighted by molar-refractivity contribution is -0.131. The lowest BCUT2D eigenvalue weighted by atomic mass is 9.78. The lowest BCUT2D eigenvalue weighted by Crippen LogP contribution is -2.56. The largest absolute Gasteiger partial charge is 0.345 e. The molecule has 4 nitrogen and oxygen atoms in total. The van der Waals surface area contributed by atoms with E-state index in [1.54, 1.807) is 11.2 Å². The molecule has 2 atom stereocenters. The van der Waals surface area contributed by atoms with Gasteiger partial charge in [0.15, 0.2) is 0 Å². The van der Waals surface area contributed by atoms with E-state index in [0.29, 0.717) is 16.0 Å². The molecule has 5 rings (SSSR count). The molecule has 7 heteroatoms. The van der Waals surface area contributed by atoms with Gasteiger partial charge >= 0.3 is 0 Å². The predicted molar refractivity (Wildman–Crippen MR) is 109 cm³/mol. The van der Waals surface area contributed by atoms with Crippen molar-refractivity contribution in [1.82, 2.24) is 9.97 Å². The topological polar surface area (TPSA) is 49.0 Å². The van der Waals surface area contributed by atoms with E-state index in [0.717, 1.165) is 33.1 Å². The van der Waals surface area contributed by atoms with Gasteiger partial charge in [-0.05, 0) is 71.7 Å². The number of H-pyrrole nitrogens is 1. The molecule has 3 aromatic rings. The second-order valence-corrected chi connectivity index (χ2v) is 8.98. The maximum atomic E-state index is 14.9. The van der Waals surface area contributed by atoms with E-state index in [1.807, 2.05) is 24.3 Å². The van der Waals surface area contributed by atoms with Crippen LogP contribution in [0.15, 0.2) is 41.1 Å². The Hall–Kier alpha value is -1.48. The van der Waals surface area contributed by atoms with Crippen LogP contribution < -0.4 is 4.90 Å². The number of amides is 1. The molecule has 2 fully saturated rings. The molecule has 132 valence electrons. The normalized spacial score (nSPS) is 22.7. The fourth-order valence-corrected chi connectivity index (χ4v) is 5.70. The van der Waals surface area contributed by atoms with Crippen molar-refractivity contribution in [2.75, 3.05) is 4.90 Å². The van der Waals surface area contributed by atoms with Gasteiger partial charge in [0.2, 0.25) is 5.91 Å².